The third-order valence-corrected chi connectivity index (χ3v) is 3.15. The molecule has 0 radical (unpaired) electrons. The van der Waals surface area contributed by atoms with Crippen LogP contribution in [0.2, 0.25) is 0 Å². The van der Waals surface area contributed by atoms with Gasteiger partial charge in [0.25, 0.3) is 5.91 Å². The van der Waals surface area contributed by atoms with Crippen LogP contribution in [0.3, 0.4) is 0 Å². The Hall–Kier alpha value is -1.84. The van der Waals surface area contributed by atoms with E-state index in [9.17, 15) is 9.59 Å². The van der Waals surface area contributed by atoms with Gasteiger partial charge in [-0.3, -0.25) is 9.59 Å². The van der Waals surface area contributed by atoms with Crippen LogP contribution in [0.4, 0.5) is 0 Å². The van der Waals surface area contributed by atoms with Crippen molar-refractivity contribution in [2.75, 3.05) is 19.6 Å². The number of benzene rings is 1. The SMILES string of the molecule is CC(C)c1ccc(C(=O)N2CCNC(=O)C2)cc1. The minimum Gasteiger partial charge on any atom is -0.353 e. The summed E-state index contributed by atoms with van der Waals surface area (Å²) >= 11 is 0. The molecular formula is C14H18N2O2. The van der Waals surface area contributed by atoms with Crippen molar-refractivity contribution in [1.29, 1.82) is 0 Å². The van der Waals surface area contributed by atoms with Gasteiger partial charge >= 0.3 is 0 Å². The first-order valence-electron chi connectivity index (χ1n) is 6.24. The van der Waals surface area contributed by atoms with Gasteiger partial charge in [-0.2, -0.15) is 0 Å². The monoisotopic (exact) mass is 246 g/mol. The van der Waals surface area contributed by atoms with Crippen molar-refractivity contribution in [3.63, 3.8) is 0 Å². The summed E-state index contributed by atoms with van der Waals surface area (Å²) in [5.41, 5.74) is 1.86. The standard InChI is InChI=1S/C14H18N2O2/c1-10(2)11-3-5-12(6-4-11)14(18)16-8-7-15-13(17)9-16/h3-6,10H,7-9H2,1-2H3,(H,15,17). The average molecular weight is 246 g/mol. The summed E-state index contributed by atoms with van der Waals surface area (Å²) in [7, 11) is 0. The zero-order valence-corrected chi connectivity index (χ0v) is 10.8. The number of nitrogens with zero attached hydrogens (tertiary/aromatic N) is 1. The molecule has 0 unspecified atom stereocenters. The summed E-state index contributed by atoms with van der Waals surface area (Å²) in [6.07, 6.45) is 0. The zero-order chi connectivity index (χ0) is 13.1. The number of carbonyl (C=O) groups is 2. The number of rotatable bonds is 2. The van der Waals surface area contributed by atoms with Gasteiger partial charge < -0.3 is 10.2 Å². The van der Waals surface area contributed by atoms with Crippen molar-refractivity contribution < 1.29 is 9.59 Å². The number of hydrogen-bond acceptors (Lipinski definition) is 2. The maximum absolute atomic E-state index is 12.2. The van der Waals surface area contributed by atoms with Crippen LogP contribution in [0.1, 0.15) is 35.7 Å². The van der Waals surface area contributed by atoms with E-state index in [-0.39, 0.29) is 18.4 Å². The molecule has 0 aromatic heterocycles. The molecule has 1 aliphatic heterocycles. The quantitative estimate of drug-likeness (QED) is 0.857. The number of nitrogens with one attached hydrogen (secondary N) is 1. The molecule has 0 bridgehead atoms. The van der Waals surface area contributed by atoms with Gasteiger partial charge in [0.05, 0.1) is 6.54 Å². The normalized spacial score (nSPS) is 15.7. The maximum atomic E-state index is 12.2. The number of piperazine rings is 1. The smallest absolute Gasteiger partial charge is 0.254 e. The van der Waals surface area contributed by atoms with Crippen LogP contribution in [0.5, 0.6) is 0 Å². The third-order valence-electron chi connectivity index (χ3n) is 3.15. The van der Waals surface area contributed by atoms with E-state index >= 15 is 0 Å². The van der Waals surface area contributed by atoms with Crippen LogP contribution in [0, 0.1) is 0 Å². The summed E-state index contributed by atoms with van der Waals surface area (Å²) in [6.45, 7) is 5.51. The Labute approximate surface area is 107 Å². The van der Waals surface area contributed by atoms with E-state index in [2.05, 4.69) is 19.2 Å². The lowest BCUT2D eigenvalue weighted by Gasteiger charge is -2.26. The van der Waals surface area contributed by atoms with Gasteiger partial charge in [0.1, 0.15) is 0 Å². The van der Waals surface area contributed by atoms with Gasteiger partial charge in [0.15, 0.2) is 0 Å². The molecule has 1 aromatic carbocycles. The van der Waals surface area contributed by atoms with Crippen molar-refractivity contribution in [2.24, 2.45) is 0 Å². The molecule has 0 atom stereocenters. The van der Waals surface area contributed by atoms with Gasteiger partial charge in [0.2, 0.25) is 5.91 Å². The lowest BCUT2D eigenvalue weighted by Crippen LogP contribution is -2.49. The largest absolute Gasteiger partial charge is 0.353 e. The molecule has 18 heavy (non-hydrogen) atoms. The minimum absolute atomic E-state index is 0.0693. The van der Waals surface area contributed by atoms with Crippen LogP contribution in [0.15, 0.2) is 24.3 Å². The van der Waals surface area contributed by atoms with E-state index < -0.39 is 0 Å². The molecular weight excluding hydrogens is 228 g/mol. The molecule has 1 saturated heterocycles. The van der Waals surface area contributed by atoms with Crippen molar-refractivity contribution in [1.82, 2.24) is 10.2 Å². The van der Waals surface area contributed by atoms with Gasteiger partial charge in [-0.25, -0.2) is 0 Å². The summed E-state index contributed by atoms with van der Waals surface area (Å²) in [6, 6.07) is 7.62. The predicted octanol–water partition coefficient (Wildman–Crippen LogP) is 1.38. The predicted molar refractivity (Wildman–Crippen MR) is 69.4 cm³/mol. The Balaban J connectivity index is 2.10. The number of amides is 2. The van der Waals surface area contributed by atoms with Crippen LogP contribution in [-0.4, -0.2) is 36.3 Å². The highest BCUT2D eigenvalue weighted by atomic mass is 16.2. The second-order valence-corrected chi connectivity index (χ2v) is 4.85. The molecule has 2 rings (SSSR count). The molecule has 2 amide bonds. The van der Waals surface area contributed by atoms with E-state index in [0.29, 0.717) is 24.6 Å². The molecule has 0 spiro atoms. The summed E-state index contributed by atoms with van der Waals surface area (Å²) < 4.78 is 0. The highest BCUT2D eigenvalue weighted by Gasteiger charge is 2.22. The summed E-state index contributed by atoms with van der Waals surface area (Å²) in [5.74, 6) is 0.295. The lowest BCUT2D eigenvalue weighted by molar-refractivity contribution is -0.123. The molecule has 96 valence electrons. The minimum atomic E-state index is -0.0894. The van der Waals surface area contributed by atoms with Gasteiger partial charge in [-0.1, -0.05) is 26.0 Å². The fourth-order valence-corrected chi connectivity index (χ4v) is 2.01. The van der Waals surface area contributed by atoms with Crippen LogP contribution in [0.25, 0.3) is 0 Å². The third kappa shape index (κ3) is 2.70. The Bertz CT molecular complexity index is 451. The van der Waals surface area contributed by atoms with Crippen molar-refractivity contribution in [3.8, 4) is 0 Å². The second-order valence-electron chi connectivity index (χ2n) is 4.85. The Morgan fingerprint density at radius 2 is 1.94 bits per heavy atom. The number of hydrogen-bond donors (Lipinski definition) is 1. The van der Waals surface area contributed by atoms with Gasteiger partial charge in [-0.05, 0) is 23.6 Å². The number of carbonyl (C=O) groups excluding carboxylic acids is 2. The van der Waals surface area contributed by atoms with Gasteiger partial charge in [0, 0.05) is 18.7 Å². The fourth-order valence-electron chi connectivity index (χ4n) is 2.01. The van der Waals surface area contributed by atoms with Crippen LogP contribution < -0.4 is 5.32 Å². The zero-order valence-electron chi connectivity index (χ0n) is 10.8. The van der Waals surface area contributed by atoms with E-state index in [1.165, 1.54) is 5.56 Å². The molecule has 1 fully saturated rings. The Morgan fingerprint density at radius 3 is 2.50 bits per heavy atom. The van der Waals surface area contributed by atoms with E-state index in [4.69, 9.17) is 0 Å². The van der Waals surface area contributed by atoms with Crippen LogP contribution >= 0.6 is 0 Å². The van der Waals surface area contributed by atoms with Crippen molar-refractivity contribution >= 4 is 11.8 Å². The fraction of sp³-hybridized carbons (Fsp3) is 0.429. The Kier molecular flexibility index (Phi) is 3.65. The summed E-state index contributed by atoms with van der Waals surface area (Å²) in [4.78, 5) is 25.0. The summed E-state index contributed by atoms with van der Waals surface area (Å²) in [5, 5.41) is 2.71. The molecule has 1 aromatic rings. The highest BCUT2D eigenvalue weighted by Crippen LogP contribution is 2.15. The molecule has 1 heterocycles. The first-order chi connectivity index (χ1) is 8.58. The van der Waals surface area contributed by atoms with Gasteiger partial charge in [-0.15, -0.1) is 0 Å². The first-order valence-corrected chi connectivity index (χ1v) is 6.24. The molecule has 4 nitrogen and oxygen atoms in total. The highest BCUT2D eigenvalue weighted by molar-refractivity contribution is 5.97. The second kappa shape index (κ2) is 5.21. The first kappa shape index (κ1) is 12.6. The Morgan fingerprint density at radius 1 is 1.28 bits per heavy atom. The lowest BCUT2D eigenvalue weighted by atomic mass is 10.0. The molecule has 1 aliphatic rings. The van der Waals surface area contributed by atoms with E-state index in [0.717, 1.165) is 0 Å². The molecule has 0 saturated carbocycles. The van der Waals surface area contributed by atoms with Crippen molar-refractivity contribution in [3.05, 3.63) is 35.4 Å². The molecule has 1 N–H and O–H groups in total. The molecule has 4 heteroatoms. The topological polar surface area (TPSA) is 49.4 Å². The van der Waals surface area contributed by atoms with Crippen LogP contribution in [-0.2, 0) is 4.79 Å². The molecule has 0 aliphatic carbocycles. The van der Waals surface area contributed by atoms with E-state index in [1.54, 1.807) is 4.90 Å². The van der Waals surface area contributed by atoms with E-state index in [1.807, 2.05) is 24.3 Å². The average Bonchev–Trinajstić information content (AvgIpc) is 2.38. The van der Waals surface area contributed by atoms with Crippen molar-refractivity contribution in [2.45, 2.75) is 19.8 Å². The maximum Gasteiger partial charge on any atom is 0.254 e.